The van der Waals surface area contributed by atoms with Gasteiger partial charge in [-0.1, -0.05) is 39.0 Å². The minimum absolute atomic E-state index is 0.111. The molecule has 0 atom stereocenters. The predicted molar refractivity (Wildman–Crippen MR) is 135 cm³/mol. The van der Waals surface area contributed by atoms with Gasteiger partial charge in [0.1, 0.15) is 11.4 Å². The van der Waals surface area contributed by atoms with Crippen molar-refractivity contribution in [3.63, 3.8) is 0 Å². The van der Waals surface area contributed by atoms with Crippen LogP contribution < -0.4 is 5.73 Å². The summed E-state index contributed by atoms with van der Waals surface area (Å²) >= 11 is 3.71. The minimum Gasteiger partial charge on any atom is -0.461 e. The van der Waals surface area contributed by atoms with E-state index in [1.807, 2.05) is 68.7 Å². The van der Waals surface area contributed by atoms with Crippen molar-refractivity contribution in [3.8, 4) is 11.3 Å². The Labute approximate surface area is 201 Å². The maximum absolute atomic E-state index is 12.9. The van der Waals surface area contributed by atoms with Crippen molar-refractivity contribution < 1.29 is 13.9 Å². The molecule has 0 fully saturated rings. The van der Waals surface area contributed by atoms with Gasteiger partial charge in [-0.25, -0.2) is 9.78 Å². The third-order valence-corrected chi connectivity index (χ3v) is 6.43. The number of hydrogen-bond donors (Lipinski definition) is 1. The molecule has 0 aliphatic rings. The van der Waals surface area contributed by atoms with Crippen molar-refractivity contribution in [1.82, 2.24) is 9.55 Å². The molecule has 172 valence electrons. The molecule has 0 spiro atoms. The largest absolute Gasteiger partial charge is 0.461 e. The van der Waals surface area contributed by atoms with Gasteiger partial charge in [-0.05, 0) is 58.6 Å². The van der Waals surface area contributed by atoms with Crippen LogP contribution in [0.4, 0.5) is 5.69 Å². The number of aromatic nitrogens is 2. The molecule has 2 N–H and O–H groups in total. The standard InChI is InChI=1S/C26H28BrN3O3/c1-5-21-29-23(15(3)4)24(26(31)32-6-2)30(21)14-16-11-12-20-18(13-16)22(27)25(33-20)17-9-7-8-10-19(17)28/h7-13,15H,5-6,14,28H2,1-4H3. The predicted octanol–water partition coefficient (Wildman–Crippen LogP) is 6.55. The van der Waals surface area contributed by atoms with Crippen LogP contribution in [0.15, 0.2) is 51.4 Å². The van der Waals surface area contributed by atoms with Crippen molar-refractivity contribution in [2.75, 3.05) is 12.3 Å². The number of carbonyl (C=O) groups excluding carboxylic acids is 1. The number of benzene rings is 2. The molecule has 6 nitrogen and oxygen atoms in total. The summed E-state index contributed by atoms with van der Waals surface area (Å²) < 4.78 is 14.3. The summed E-state index contributed by atoms with van der Waals surface area (Å²) in [5.74, 6) is 1.35. The number of fused-ring (bicyclic) bond motifs is 1. The fourth-order valence-electron chi connectivity index (χ4n) is 4.05. The van der Waals surface area contributed by atoms with E-state index in [9.17, 15) is 4.79 Å². The van der Waals surface area contributed by atoms with Crippen molar-refractivity contribution in [1.29, 1.82) is 0 Å². The third kappa shape index (κ3) is 4.29. The number of nitrogens with two attached hydrogens (primary N) is 1. The van der Waals surface area contributed by atoms with E-state index in [1.54, 1.807) is 0 Å². The first-order valence-corrected chi connectivity index (χ1v) is 12.0. The van der Waals surface area contributed by atoms with Gasteiger partial charge in [-0.2, -0.15) is 0 Å². The van der Waals surface area contributed by atoms with Crippen LogP contribution in [0, 0.1) is 0 Å². The van der Waals surface area contributed by atoms with E-state index in [1.165, 1.54) is 0 Å². The Morgan fingerprint density at radius 2 is 1.97 bits per heavy atom. The molecular weight excluding hydrogens is 482 g/mol. The molecule has 2 aromatic heterocycles. The summed E-state index contributed by atoms with van der Waals surface area (Å²) in [7, 11) is 0. The number of aryl methyl sites for hydroxylation is 1. The second kappa shape index (κ2) is 9.43. The molecule has 4 rings (SSSR count). The zero-order chi connectivity index (χ0) is 23.7. The van der Waals surface area contributed by atoms with Gasteiger partial charge in [0.2, 0.25) is 0 Å². The highest BCUT2D eigenvalue weighted by Crippen LogP contribution is 2.40. The Bertz CT molecular complexity index is 1320. The normalized spacial score (nSPS) is 11.5. The molecule has 2 heterocycles. The third-order valence-electron chi connectivity index (χ3n) is 5.64. The van der Waals surface area contributed by atoms with Gasteiger partial charge < -0.3 is 19.5 Å². The molecule has 0 radical (unpaired) electrons. The maximum atomic E-state index is 12.9. The van der Waals surface area contributed by atoms with Gasteiger partial charge in [0.05, 0.1) is 16.8 Å². The first-order chi connectivity index (χ1) is 15.8. The Morgan fingerprint density at radius 1 is 1.21 bits per heavy atom. The van der Waals surface area contributed by atoms with Gasteiger partial charge in [-0.15, -0.1) is 0 Å². The Kier molecular flexibility index (Phi) is 6.61. The summed E-state index contributed by atoms with van der Waals surface area (Å²) in [6.45, 7) is 8.77. The summed E-state index contributed by atoms with van der Waals surface area (Å²) in [6, 6.07) is 13.7. The number of furan rings is 1. The van der Waals surface area contributed by atoms with Crippen LogP contribution in [0.2, 0.25) is 0 Å². The topological polar surface area (TPSA) is 83.3 Å². The Balaban J connectivity index is 1.79. The van der Waals surface area contributed by atoms with Gasteiger partial charge in [0.15, 0.2) is 11.5 Å². The Hall–Kier alpha value is -3.06. The van der Waals surface area contributed by atoms with Crippen LogP contribution in [0.3, 0.4) is 0 Å². The summed E-state index contributed by atoms with van der Waals surface area (Å²) in [4.78, 5) is 17.6. The van der Waals surface area contributed by atoms with Gasteiger partial charge in [-0.3, -0.25) is 0 Å². The van der Waals surface area contributed by atoms with E-state index in [0.717, 1.165) is 38.1 Å². The number of halogens is 1. The molecule has 0 amide bonds. The highest BCUT2D eigenvalue weighted by molar-refractivity contribution is 9.10. The number of esters is 1. The lowest BCUT2D eigenvalue weighted by molar-refractivity contribution is 0.0512. The quantitative estimate of drug-likeness (QED) is 0.225. The van der Waals surface area contributed by atoms with E-state index in [-0.39, 0.29) is 11.9 Å². The van der Waals surface area contributed by atoms with Crippen LogP contribution in [0.1, 0.15) is 61.2 Å². The summed E-state index contributed by atoms with van der Waals surface area (Å²) in [5.41, 5.74) is 10.8. The first-order valence-electron chi connectivity index (χ1n) is 11.2. The van der Waals surface area contributed by atoms with Crippen LogP contribution in [-0.2, 0) is 17.7 Å². The smallest absolute Gasteiger partial charge is 0.356 e. The van der Waals surface area contributed by atoms with Gasteiger partial charge >= 0.3 is 5.97 Å². The second-order valence-electron chi connectivity index (χ2n) is 8.24. The number of rotatable bonds is 7. The average molecular weight is 510 g/mol. The van der Waals surface area contributed by atoms with E-state index in [0.29, 0.717) is 36.7 Å². The monoisotopic (exact) mass is 509 g/mol. The average Bonchev–Trinajstić information content (AvgIpc) is 3.32. The number of para-hydroxylation sites is 1. The molecule has 0 aliphatic heterocycles. The number of imidazole rings is 1. The maximum Gasteiger partial charge on any atom is 0.356 e. The van der Waals surface area contributed by atoms with Crippen LogP contribution in [-0.4, -0.2) is 22.1 Å². The fraction of sp³-hybridized carbons (Fsp3) is 0.308. The molecule has 0 unspecified atom stereocenters. The number of ether oxygens (including phenoxy) is 1. The van der Waals surface area contributed by atoms with Crippen LogP contribution >= 0.6 is 15.9 Å². The lowest BCUT2D eigenvalue weighted by Crippen LogP contribution is -2.16. The molecule has 0 bridgehead atoms. The van der Waals surface area contributed by atoms with Crippen LogP contribution in [0.25, 0.3) is 22.3 Å². The van der Waals surface area contributed by atoms with E-state index < -0.39 is 0 Å². The number of nitrogen functional groups attached to an aromatic ring is 1. The number of nitrogens with zero attached hydrogens (tertiary/aromatic N) is 2. The van der Waals surface area contributed by atoms with Gasteiger partial charge in [0.25, 0.3) is 0 Å². The van der Waals surface area contributed by atoms with E-state index >= 15 is 0 Å². The molecule has 2 aromatic carbocycles. The van der Waals surface area contributed by atoms with E-state index in [2.05, 4.69) is 22.0 Å². The first kappa shape index (κ1) is 23.1. The van der Waals surface area contributed by atoms with Crippen molar-refractivity contribution in [2.24, 2.45) is 0 Å². The molecule has 33 heavy (non-hydrogen) atoms. The molecular formula is C26H28BrN3O3. The minimum atomic E-state index is -0.333. The molecule has 7 heteroatoms. The fourth-order valence-corrected chi connectivity index (χ4v) is 4.65. The highest BCUT2D eigenvalue weighted by atomic mass is 79.9. The van der Waals surface area contributed by atoms with Crippen molar-refractivity contribution in [3.05, 3.63) is 69.7 Å². The summed E-state index contributed by atoms with van der Waals surface area (Å²) in [5, 5.41) is 0.950. The van der Waals surface area contributed by atoms with Crippen molar-refractivity contribution >= 4 is 38.6 Å². The lowest BCUT2D eigenvalue weighted by atomic mass is 10.1. The lowest BCUT2D eigenvalue weighted by Gasteiger charge is -2.12. The summed E-state index contributed by atoms with van der Waals surface area (Å²) in [6.07, 6.45) is 0.716. The molecule has 0 aliphatic carbocycles. The van der Waals surface area contributed by atoms with Gasteiger partial charge in [0, 0.05) is 29.6 Å². The number of carbonyl (C=O) groups is 1. The number of hydrogen-bond acceptors (Lipinski definition) is 5. The number of anilines is 1. The van der Waals surface area contributed by atoms with E-state index in [4.69, 9.17) is 19.9 Å². The molecule has 0 saturated carbocycles. The Morgan fingerprint density at radius 3 is 2.64 bits per heavy atom. The molecule has 0 saturated heterocycles. The van der Waals surface area contributed by atoms with Crippen LogP contribution in [0.5, 0.6) is 0 Å². The zero-order valence-corrected chi connectivity index (χ0v) is 20.9. The second-order valence-corrected chi connectivity index (χ2v) is 9.03. The molecule has 4 aromatic rings. The highest BCUT2D eigenvalue weighted by Gasteiger charge is 2.25. The van der Waals surface area contributed by atoms with Crippen molar-refractivity contribution in [2.45, 2.75) is 46.6 Å². The SMILES string of the molecule is CCOC(=O)c1c(C(C)C)nc(CC)n1Cc1ccc2oc(-c3ccccc3N)c(Br)c2c1. The zero-order valence-electron chi connectivity index (χ0n) is 19.3.